The highest BCUT2D eigenvalue weighted by Crippen LogP contribution is 2.25. The van der Waals surface area contributed by atoms with Crippen LogP contribution in [0.5, 0.6) is 0 Å². The number of nitrogens with zero attached hydrogens (tertiary/aromatic N) is 3. The second kappa shape index (κ2) is 7.46. The van der Waals surface area contributed by atoms with Gasteiger partial charge in [-0.25, -0.2) is 9.97 Å². The largest absolute Gasteiger partial charge is 0.383 e. The molecule has 0 saturated carbocycles. The molecule has 1 rings (SSSR count). The maximum absolute atomic E-state index is 6.07. The van der Waals surface area contributed by atoms with Gasteiger partial charge in [-0.05, 0) is 19.8 Å². The molecule has 0 bridgehead atoms. The van der Waals surface area contributed by atoms with E-state index in [9.17, 15) is 0 Å². The van der Waals surface area contributed by atoms with Crippen molar-refractivity contribution < 1.29 is 0 Å². The van der Waals surface area contributed by atoms with Crippen LogP contribution < -0.4 is 10.6 Å². The molecular weight excluding hydrogens is 248 g/mol. The molecule has 0 amide bonds. The Labute approximate surface area is 123 Å². The molecule has 114 valence electrons. The van der Waals surface area contributed by atoms with Crippen LogP contribution in [0.2, 0.25) is 0 Å². The van der Waals surface area contributed by atoms with E-state index < -0.39 is 0 Å². The summed E-state index contributed by atoms with van der Waals surface area (Å²) in [7, 11) is 0. The smallest absolute Gasteiger partial charge is 0.137 e. The van der Waals surface area contributed by atoms with Gasteiger partial charge in [0.1, 0.15) is 17.5 Å². The number of nitrogen functional groups attached to an aromatic ring is 1. The van der Waals surface area contributed by atoms with Crippen LogP contribution in [0.4, 0.5) is 11.6 Å². The number of hydrogen-bond acceptors (Lipinski definition) is 4. The van der Waals surface area contributed by atoms with E-state index >= 15 is 0 Å². The van der Waals surface area contributed by atoms with Gasteiger partial charge in [0.05, 0.1) is 0 Å². The van der Waals surface area contributed by atoms with Crippen LogP contribution >= 0.6 is 0 Å². The molecule has 2 N–H and O–H groups in total. The van der Waals surface area contributed by atoms with E-state index in [1.165, 1.54) is 12.8 Å². The number of aromatic nitrogens is 2. The third kappa shape index (κ3) is 3.84. The molecule has 0 aliphatic rings. The summed E-state index contributed by atoms with van der Waals surface area (Å²) in [6, 6.07) is 0. The predicted molar refractivity (Wildman–Crippen MR) is 87.2 cm³/mol. The van der Waals surface area contributed by atoms with Crippen LogP contribution in [0.1, 0.15) is 64.8 Å². The zero-order chi connectivity index (χ0) is 15.3. The van der Waals surface area contributed by atoms with E-state index in [0.29, 0.717) is 17.7 Å². The minimum absolute atomic E-state index is 0.295. The predicted octanol–water partition coefficient (Wildman–Crippen LogP) is 3.75. The number of nitrogens with two attached hydrogens (primary N) is 1. The molecule has 1 aromatic rings. The Morgan fingerprint density at radius 1 is 1.10 bits per heavy atom. The second-order valence-corrected chi connectivity index (χ2v) is 5.79. The van der Waals surface area contributed by atoms with Gasteiger partial charge in [-0.1, -0.05) is 40.5 Å². The van der Waals surface area contributed by atoms with Crippen molar-refractivity contribution in [2.75, 3.05) is 23.7 Å². The summed E-state index contributed by atoms with van der Waals surface area (Å²) in [6.07, 6.45) is 2.40. The average molecular weight is 278 g/mol. The maximum Gasteiger partial charge on any atom is 0.137 e. The summed E-state index contributed by atoms with van der Waals surface area (Å²) < 4.78 is 0. The Bertz CT molecular complexity index is 425. The Balaban J connectivity index is 3.13. The van der Waals surface area contributed by atoms with E-state index in [0.717, 1.165) is 30.3 Å². The fraction of sp³-hybridized carbons (Fsp3) is 0.750. The first-order valence-corrected chi connectivity index (χ1v) is 7.83. The van der Waals surface area contributed by atoms with Crippen molar-refractivity contribution in [3.8, 4) is 0 Å². The van der Waals surface area contributed by atoms with Gasteiger partial charge < -0.3 is 10.6 Å². The molecule has 20 heavy (non-hydrogen) atoms. The van der Waals surface area contributed by atoms with Crippen molar-refractivity contribution >= 4 is 11.6 Å². The first kappa shape index (κ1) is 16.7. The SMILES string of the molecule is CCC(CC)CN(CC)c1nc(C(C)C)nc(N)c1C. The molecule has 0 spiro atoms. The van der Waals surface area contributed by atoms with Crippen molar-refractivity contribution in [1.29, 1.82) is 0 Å². The summed E-state index contributed by atoms with van der Waals surface area (Å²) in [5.74, 6) is 3.46. The van der Waals surface area contributed by atoms with Crippen molar-refractivity contribution in [2.45, 2.75) is 60.3 Å². The van der Waals surface area contributed by atoms with E-state index in [1.54, 1.807) is 0 Å². The lowest BCUT2D eigenvalue weighted by molar-refractivity contribution is 0.483. The lowest BCUT2D eigenvalue weighted by Crippen LogP contribution is -2.31. The Morgan fingerprint density at radius 2 is 1.70 bits per heavy atom. The van der Waals surface area contributed by atoms with Crippen LogP contribution in [-0.4, -0.2) is 23.1 Å². The van der Waals surface area contributed by atoms with Crippen LogP contribution in [0.25, 0.3) is 0 Å². The Morgan fingerprint density at radius 3 is 2.15 bits per heavy atom. The molecule has 0 radical (unpaired) electrons. The molecule has 1 heterocycles. The van der Waals surface area contributed by atoms with Gasteiger partial charge in [0.25, 0.3) is 0 Å². The highest BCUT2D eigenvalue weighted by molar-refractivity contribution is 5.56. The molecule has 0 aliphatic carbocycles. The summed E-state index contributed by atoms with van der Waals surface area (Å²) >= 11 is 0. The topological polar surface area (TPSA) is 55.0 Å². The van der Waals surface area contributed by atoms with Crippen LogP contribution in [-0.2, 0) is 0 Å². The van der Waals surface area contributed by atoms with Crippen molar-refractivity contribution in [2.24, 2.45) is 5.92 Å². The number of rotatable bonds is 7. The molecule has 4 nitrogen and oxygen atoms in total. The van der Waals surface area contributed by atoms with Crippen molar-refractivity contribution in [3.63, 3.8) is 0 Å². The molecule has 0 aliphatic heterocycles. The Kier molecular flexibility index (Phi) is 6.24. The molecule has 4 heteroatoms. The average Bonchev–Trinajstić information content (AvgIpc) is 2.43. The lowest BCUT2D eigenvalue weighted by Gasteiger charge is -2.28. The minimum Gasteiger partial charge on any atom is -0.383 e. The maximum atomic E-state index is 6.07. The normalized spacial score (nSPS) is 11.4. The summed E-state index contributed by atoms with van der Waals surface area (Å²) in [6.45, 7) is 14.9. The number of anilines is 2. The van der Waals surface area contributed by atoms with E-state index in [4.69, 9.17) is 10.7 Å². The standard InChI is InChI=1S/C16H30N4/c1-7-13(8-2)10-20(9-3)16-12(6)14(17)18-15(19-16)11(4)5/h11,13H,7-10H2,1-6H3,(H2,17,18,19). The van der Waals surface area contributed by atoms with Gasteiger partial charge in [-0.3, -0.25) is 0 Å². The van der Waals surface area contributed by atoms with Gasteiger partial charge in [-0.2, -0.15) is 0 Å². The molecule has 0 saturated heterocycles. The summed E-state index contributed by atoms with van der Waals surface area (Å²) in [4.78, 5) is 11.5. The molecule has 0 fully saturated rings. The zero-order valence-corrected chi connectivity index (χ0v) is 13.9. The lowest BCUT2D eigenvalue weighted by atomic mass is 10.0. The summed E-state index contributed by atoms with van der Waals surface area (Å²) in [5.41, 5.74) is 7.07. The van der Waals surface area contributed by atoms with Crippen molar-refractivity contribution in [3.05, 3.63) is 11.4 Å². The summed E-state index contributed by atoms with van der Waals surface area (Å²) in [5, 5.41) is 0. The van der Waals surface area contributed by atoms with Gasteiger partial charge in [0.15, 0.2) is 0 Å². The molecule has 0 aromatic carbocycles. The highest BCUT2D eigenvalue weighted by Gasteiger charge is 2.18. The van der Waals surface area contributed by atoms with E-state index in [-0.39, 0.29) is 0 Å². The first-order chi connectivity index (χ1) is 9.44. The van der Waals surface area contributed by atoms with Gasteiger partial charge in [-0.15, -0.1) is 0 Å². The molecule has 0 unspecified atom stereocenters. The van der Waals surface area contributed by atoms with Crippen LogP contribution in [0.15, 0.2) is 0 Å². The van der Waals surface area contributed by atoms with Crippen LogP contribution in [0.3, 0.4) is 0 Å². The third-order valence-corrected chi connectivity index (χ3v) is 4.01. The van der Waals surface area contributed by atoms with Gasteiger partial charge in [0, 0.05) is 24.6 Å². The van der Waals surface area contributed by atoms with Crippen molar-refractivity contribution in [1.82, 2.24) is 9.97 Å². The van der Waals surface area contributed by atoms with Gasteiger partial charge in [0.2, 0.25) is 0 Å². The fourth-order valence-corrected chi connectivity index (χ4v) is 2.33. The molecule has 0 atom stereocenters. The number of hydrogen-bond donors (Lipinski definition) is 1. The Hall–Kier alpha value is -1.32. The second-order valence-electron chi connectivity index (χ2n) is 5.79. The quantitative estimate of drug-likeness (QED) is 0.825. The van der Waals surface area contributed by atoms with Gasteiger partial charge >= 0.3 is 0 Å². The molecular formula is C16H30N4. The fourth-order valence-electron chi connectivity index (χ4n) is 2.33. The van der Waals surface area contributed by atoms with E-state index in [2.05, 4.69) is 44.5 Å². The zero-order valence-electron chi connectivity index (χ0n) is 13.9. The minimum atomic E-state index is 0.295. The third-order valence-electron chi connectivity index (χ3n) is 4.01. The van der Waals surface area contributed by atoms with E-state index in [1.807, 2.05) is 6.92 Å². The van der Waals surface area contributed by atoms with Crippen LogP contribution in [0, 0.1) is 12.8 Å². The highest BCUT2D eigenvalue weighted by atomic mass is 15.2. The first-order valence-electron chi connectivity index (χ1n) is 7.83. The molecule has 1 aromatic heterocycles. The monoisotopic (exact) mass is 278 g/mol.